The number of para-hydroxylation sites is 2. The Balaban J connectivity index is 1.31. The molecule has 0 spiro atoms. The Labute approximate surface area is 294 Å². The summed E-state index contributed by atoms with van der Waals surface area (Å²) < 4.78 is 0. The van der Waals surface area contributed by atoms with Crippen molar-refractivity contribution in [1.29, 1.82) is 0 Å². The van der Waals surface area contributed by atoms with Crippen LogP contribution < -0.4 is 4.90 Å². The molecule has 7 aromatic carbocycles. The Bertz CT molecular complexity index is 2870. The van der Waals surface area contributed by atoms with Crippen molar-refractivity contribution in [2.45, 2.75) is 0 Å². The number of rotatable bonds is 5. The first-order valence-corrected chi connectivity index (χ1v) is 17.2. The van der Waals surface area contributed by atoms with E-state index in [4.69, 9.17) is 15.0 Å². The van der Waals surface area contributed by atoms with Gasteiger partial charge in [-0.2, -0.15) is 0 Å². The van der Waals surface area contributed by atoms with Crippen LogP contribution in [0.25, 0.3) is 76.6 Å². The molecule has 238 valence electrons. The summed E-state index contributed by atoms with van der Waals surface area (Å²) in [6.45, 7) is 0. The molecule has 0 bridgehead atoms. The molecule has 4 heteroatoms. The van der Waals surface area contributed by atoms with Crippen molar-refractivity contribution in [3.8, 4) is 22.4 Å². The summed E-state index contributed by atoms with van der Waals surface area (Å²) in [6, 6.07) is 60.0. The van der Waals surface area contributed by atoms with Gasteiger partial charge in [-0.25, -0.2) is 4.98 Å². The fraction of sp³-hybridized carbons (Fsp3) is 0. The topological polar surface area (TPSA) is 41.9 Å². The molecule has 0 radical (unpaired) electrons. The van der Waals surface area contributed by atoms with E-state index in [1.54, 1.807) is 0 Å². The number of anilines is 3. The van der Waals surface area contributed by atoms with Gasteiger partial charge in [0.1, 0.15) is 0 Å². The Kier molecular flexibility index (Phi) is 6.78. The maximum atomic E-state index is 5.45. The fourth-order valence-electron chi connectivity index (χ4n) is 7.63. The molecule has 0 aliphatic carbocycles. The second-order valence-electron chi connectivity index (χ2n) is 12.8. The molecule has 0 aliphatic rings. The van der Waals surface area contributed by atoms with E-state index >= 15 is 0 Å². The molecule has 51 heavy (non-hydrogen) atoms. The summed E-state index contributed by atoms with van der Waals surface area (Å²) >= 11 is 0. The standard InChI is InChI=1S/C47H30N4/c1-4-12-32(13-5-1)45-41-25-21-31-14-10-20-38(37-27-29-49-47-39(37)24-22-33-15-11-28-48-46(33)47)43(31)44(41)40-26-23-36(30-42(40)50-45)51(34-16-6-2-7-17-34)35-18-8-3-9-19-35/h1-30H. The van der Waals surface area contributed by atoms with Crippen molar-refractivity contribution in [2.75, 3.05) is 4.90 Å². The molecule has 0 unspecified atom stereocenters. The van der Waals surface area contributed by atoms with E-state index in [1.165, 1.54) is 16.2 Å². The first kappa shape index (κ1) is 29.0. The van der Waals surface area contributed by atoms with Crippen LogP contribution >= 0.6 is 0 Å². The molecule has 0 saturated heterocycles. The van der Waals surface area contributed by atoms with Gasteiger partial charge in [-0.1, -0.05) is 121 Å². The van der Waals surface area contributed by atoms with Gasteiger partial charge in [-0.05, 0) is 70.4 Å². The van der Waals surface area contributed by atoms with Gasteiger partial charge in [0.25, 0.3) is 0 Å². The second kappa shape index (κ2) is 11.9. The molecule has 4 nitrogen and oxygen atoms in total. The van der Waals surface area contributed by atoms with E-state index in [1.807, 2.05) is 18.5 Å². The number of fused-ring (bicyclic) bond motifs is 8. The van der Waals surface area contributed by atoms with Crippen LogP contribution in [0.2, 0.25) is 0 Å². The van der Waals surface area contributed by atoms with Crippen LogP contribution in [0.5, 0.6) is 0 Å². The van der Waals surface area contributed by atoms with Crippen molar-refractivity contribution in [3.63, 3.8) is 0 Å². The zero-order valence-electron chi connectivity index (χ0n) is 27.6. The Morgan fingerprint density at radius 1 is 0.392 bits per heavy atom. The van der Waals surface area contributed by atoms with Gasteiger partial charge in [0, 0.05) is 62.0 Å². The lowest BCUT2D eigenvalue weighted by molar-refractivity contribution is 1.28. The lowest BCUT2D eigenvalue weighted by atomic mass is 9.89. The monoisotopic (exact) mass is 650 g/mol. The van der Waals surface area contributed by atoms with Crippen LogP contribution in [0.15, 0.2) is 182 Å². The minimum atomic E-state index is 0.908. The van der Waals surface area contributed by atoms with Crippen LogP contribution in [0.3, 0.4) is 0 Å². The summed E-state index contributed by atoms with van der Waals surface area (Å²) in [5.74, 6) is 0. The highest BCUT2D eigenvalue weighted by atomic mass is 15.1. The molecule has 0 fully saturated rings. The summed E-state index contributed by atoms with van der Waals surface area (Å²) in [7, 11) is 0. The zero-order chi connectivity index (χ0) is 33.7. The average Bonchev–Trinajstić information content (AvgIpc) is 3.21. The number of nitrogens with zero attached hydrogens (tertiary/aromatic N) is 4. The minimum Gasteiger partial charge on any atom is -0.310 e. The van der Waals surface area contributed by atoms with Crippen molar-refractivity contribution in [2.24, 2.45) is 0 Å². The molecule has 3 aromatic heterocycles. The number of hydrogen-bond acceptors (Lipinski definition) is 4. The number of benzene rings is 7. The summed E-state index contributed by atoms with van der Waals surface area (Å²) in [4.78, 5) is 17.3. The number of aromatic nitrogens is 3. The van der Waals surface area contributed by atoms with E-state index in [0.29, 0.717) is 0 Å². The summed E-state index contributed by atoms with van der Waals surface area (Å²) in [5.41, 5.74) is 10.3. The van der Waals surface area contributed by atoms with E-state index in [2.05, 4.69) is 169 Å². The molecular weight excluding hydrogens is 621 g/mol. The normalized spacial score (nSPS) is 11.5. The van der Waals surface area contributed by atoms with E-state index in [0.717, 1.165) is 77.5 Å². The first-order chi connectivity index (χ1) is 25.3. The molecular formula is C47H30N4. The second-order valence-corrected chi connectivity index (χ2v) is 12.8. The first-order valence-electron chi connectivity index (χ1n) is 17.2. The number of hydrogen-bond donors (Lipinski definition) is 0. The van der Waals surface area contributed by atoms with E-state index < -0.39 is 0 Å². The smallest absolute Gasteiger partial charge is 0.0970 e. The predicted octanol–water partition coefficient (Wildman–Crippen LogP) is 12.4. The quantitative estimate of drug-likeness (QED) is 0.174. The van der Waals surface area contributed by atoms with Gasteiger partial charge in [0.15, 0.2) is 0 Å². The van der Waals surface area contributed by atoms with Gasteiger partial charge >= 0.3 is 0 Å². The van der Waals surface area contributed by atoms with Crippen molar-refractivity contribution in [1.82, 2.24) is 15.0 Å². The van der Waals surface area contributed by atoms with Crippen LogP contribution in [-0.4, -0.2) is 15.0 Å². The predicted molar refractivity (Wildman–Crippen MR) is 213 cm³/mol. The fourth-order valence-corrected chi connectivity index (χ4v) is 7.63. The highest BCUT2D eigenvalue weighted by molar-refractivity contribution is 6.27. The molecule has 0 aliphatic heterocycles. The van der Waals surface area contributed by atoms with Crippen molar-refractivity contribution in [3.05, 3.63) is 182 Å². The molecule has 3 heterocycles. The third kappa shape index (κ3) is 4.80. The third-order valence-electron chi connectivity index (χ3n) is 9.89. The van der Waals surface area contributed by atoms with Crippen LogP contribution in [0.1, 0.15) is 0 Å². The largest absolute Gasteiger partial charge is 0.310 e. The van der Waals surface area contributed by atoms with Crippen molar-refractivity contribution >= 4 is 71.3 Å². The molecule has 0 saturated carbocycles. The lowest BCUT2D eigenvalue weighted by Crippen LogP contribution is -2.09. The van der Waals surface area contributed by atoms with E-state index in [9.17, 15) is 0 Å². The average molecular weight is 651 g/mol. The Hall–Kier alpha value is -6.91. The van der Waals surface area contributed by atoms with Gasteiger partial charge in [-0.3, -0.25) is 9.97 Å². The Morgan fingerprint density at radius 3 is 1.84 bits per heavy atom. The van der Waals surface area contributed by atoms with Gasteiger partial charge in [0.05, 0.1) is 22.2 Å². The SMILES string of the molecule is c1ccc(-c2nc3cc(N(c4ccccc4)c4ccccc4)ccc3c3c2ccc2cccc(-c4ccnc5c4ccc4cccnc45)c23)cc1. The molecule has 0 N–H and O–H groups in total. The van der Waals surface area contributed by atoms with Crippen LogP contribution in [0.4, 0.5) is 17.1 Å². The van der Waals surface area contributed by atoms with Crippen LogP contribution in [0, 0.1) is 0 Å². The highest BCUT2D eigenvalue weighted by Crippen LogP contribution is 2.44. The summed E-state index contributed by atoms with van der Waals surface area (Å²) in [5, 5.41) is 7.96. The maximum absolute atomic E-state index is 5.45. The van der Waals surface area contributed by atoms with Gasteiger partial charge in [-0.15, -0.1) is 0 Å². The summed E-state index contributed by atoms with van der Waals surface area (Å²) in [6.07, 6.45) is 3.76. The maximum Gasteiger partial charge on any atom is 0.0970 e. The van der Waals surface area contributed by atoms with E-state index in [-0.39, 0.29) is 0 Å². The zero-order valence-corrected chi connectivity index (χ0v) is 27.6. The van der Waals surface area contributed by atoms with Crippen LogP contribution in [-0.2, 0) is 0 Å². The molecule has 10 rings (SSSR count). The molecule has 10 aromatic rings. The lowest BCUT2D eigenvalue weighted by Gasteiger charge is -2.26. The number of pyridine rings is 3. The molecule has 0 atom stereocenters. The molecule has 0 amide bonds. The van der Waals surface area contributed by atoms with Crippen molar-refractivity contribution < 1.29 is 0 Å². The van der Waals surface area contributed by atoms with Gasteiger partial charge in [0.2, 0.25) is 0 Å². The Morgan fingerprint density at radius 2 is 1.06 bits per heavy atom. The van der Waals surface area contributed by atoms with Gasteiger partial charge < -0.3 is 4.90 Å². The third-order valence-corrected chi connectivity index (χ3v) is 9.89. The highest BCUT2D eigenvalue weighted by Gasteiger charge is 2.19. The minimum absolute atomic E-state index is 0.908.